The number of hydrogen-bond donors (Lipinski definition) is 0. The van der Waals surface area contributed by atoms with Gasteiger partial charge in [-0.15, -0.1) is 0 Å². The van der Waals surface area contributed by atoms with Gasteiger partial charge in [-0.05, 0) is 38.5 Å². The molecule has 360 valence electrons. The lowest BCUT2D eigenvalue weighted by Gasteiger charge is -2.28. The summed E-state index contributed by atoms with van der Waals surface area (Å²) in [5.74, 6) is -0.875. The van der Waals surface area contributed by atoms with E-state index >= 15 is 0 Å². The maximum Gasteiger partial charge on any atom is 0.306 e. The van der Waals surface area contributed by atoms with E-state index in [0.29, 0.717) is 23.9 Å². The van der Waals surface area contributed by atoms with Gasteiger partial charge >= 0.3 is 11.9 Å². The van der Waals surface area contributed by atoms with Crippen molar-refractivity contribution in [2.75, 3.05) is 47.5 Å². The van der Waals surface area contributed by atoms with Crippen molar-refractivity contribution in [2.24, 2.45) is 0 Å². The number of carbonyl (C=O) groups excluding carboxylic acids is 2. The SMILES string of the molecule is CCCCCCCCCCC/C=C/C/C=C/CCCC(=O)OC[C@H](COP(=O)([O-])OCC[N+](C)(C)C)OC(=O)CCCCCCCCCCCCCCCCCCCCCC. The number of phosphoric ester groups is 1. The third kappa shape index (κ3) is 47.8. The van der Waals surface area contributed by atoms with Gasteiger partial charge in [0, 0.05) is 12.8 Å². The maximum atomic E-state index is 12.7. The van der Waals surface area contributed by atoms with Crippen molar-refractivity contribution in [1.29, 1.82) is 0 Å². The number of hydrogen-bond acceptors (Lipinski definition) is 8. The molecule has 0 fully saturated rings. The van der Waals surface area contributed by atoms with Crippen LogP contribution in [-0.4, -0.2) is 70.0 Å². The molecule has 0 aromatic rings. The molecule has 0 aliphatic carbocycles. The average molecular weight is 884 g/mol. The van der Waals surface area contributed by atoms with Crippen molar-refractivity contribution < 1.29 is 42.1 Å². The number of unbranched alkanes of at least 4 members (excludes halogenated alkanes) is 29. The smallest absolute Gasteiger partial charge is 0.306 e. The van der Waals surface area contributed by atoms with E-state index in [-0.39, 0.29) is 26.1 Å². The summed E-state index contributed by atoms with van der Waals surface area (Å²) in [6.45, 7) is 4.22. The van der Waals surface area contributed by atoms with E-state index in [1.165, 1.54) is 167 Å². The number of rotatable bonds is 47. The van der Waals surface area contributed by atoms with Gasteiger partial charge < -0.3 is 27.9 Å². The molecule has 1 unspecified atom stereocenters. The van der Waals surface area contributed by atoms with Gasteiger partial charge in [0.2, 0.25) is 0 Å². The first-order valence-electron chi connectivity index (χ1n) is 25.5. The highest BCUT2D eigenvalue weighted by Crippen LogP contribution is 2.38. The standard InChI is InChI=1S/C51H98NO8P/c1-6-8-10-12-14-16-18-20-22-24-25-26-28-30-32-34-36-38-40-42-44-51(54)60-49(48-59-61(55,56)58-46-45-52(3,4)5)47-57-50(53)43-41-39-37-35-33-31-29-27-23-21-19-17-15-13-11-9-7-2/h29,31,35,37,49H,6-28,30,32-34,36,38-48H2,1-5H3/b31-29+,37-35+/t49-/m1/s1. The van der Waals surface area contributed by atoms with Crippen LogP contribution in [-0.2, 0) is 32.7 Å². The van der Waals surface area contributed by atoms with Crippen molar-refractivity contribution in [3.63, 3.8) is 0 Å². The Labute approximate surface area is 377 Å². The summed E-state index contributed by atoms with van der Waals surface area (Å²) in [5, 5.41) is 0. The second kappa shape index (κ2) is 43.7. The van der Waals surface area contributed by atoms with Crippen LogP contribution in [0.4, 0.5) is 0 Å². The summed E-state index contributed by atoms with van der Waals surface area (Å²) in [7, 11) is 1.16. The summed E-state index contributed by atoms with van der Waals surface area (Å²) in [6.07, 6.45) is 49.3. The van der Waals surface area contributed by atoms with E-state index in [1.54, 1.807) is 0 Å². The van der Waals surface area contributed by atoms with Gasteiger partial charge in [0.25, 0.3) is 7.82 Å². The molecule has 9 nitrogen and oxygen atoms in total. The highest BCUT2D eigenvalue weighted by molar-refractivity contribution is 7.45. The topological polar surface area (TPSA) is 111 Å². The van der Waals surface area contributed by atoms with Gasteiger partial charge in [-0.25, -0.2) is 0 Å². The van der Waals surface area contributed by atoms with Crippen LogP contribution in [0.15, 0.2) is 24.3 Å². The summed E-state index contributed by atoms with van der Waals surface area (Å²) in [6, 6.07) is 0. The molecule has 0 aromatic heterocycles. The molecule has 10 heteroatoms. The molecule has 0 rings (SSSR count). The molecule has 2 atom stereocenters. The molecule has 61 heavy (non-hydrogen) atoms. The monoisotopic (exact) mass is 884 g/mol. The predicted octanol–water partition coefficient (Wildman–Crippen LogP) is 14.5. The first-order chi connectivity index (χ1) is 29.5. The minimum atomic E-state index is -4.63. The molecule has 0 bridgehead atoms. The highest BCUT2D eigenvalue weighted by atomic mass is 31.2. The first-order valence-corrected chi connectivity index (χ1v) is 27.0. The van der Waals surface area contributed by atoms with E-state index in [0.717, 1.165) is 32.1 Å². The summed E-state index contributed by atoms with van der Waals surface area (Å²) < 4.78 is 34.0. The molecular weight excluding hydrogens is 786 g/mol. The third-order valence-electron chi connectivity index (χ3n) is 11.2. The number of nitrogens with zero attached hydrogens (tertiary/aromatic N) is 1. The quantitative estimate of drug-likeness (QED) is 0.0195. The Hall–Kier alpha value is -1.51. The van der Waals surface area contributed by atoms with E-state index in [2.05, 4.69) is 38.2 Å². The second-order valence-corrected chi connectivity index (χ2v) is 20.0. The van der Waals surface area contributed by atoms with Gasteiger partial charge in [0.05, 0.1) is 27.7 Å². The third-order valence-corrected chi connectivity index (χ3v) is 12.2. The van der Waals surface area contributed by atoms with Gasteiger partial charge in [0.1, 0.15) is 19.8 Å². The molecular formula is C51H98NO8P. The lowest BCUT2D eigenvalue weighted by atomic mass is 10.0. The number of esters is 2. The van der Waals surface area contributed by atoms with E-state index in [4.69, 9.17) is 18.5 Å². The lowest BCUT2D eigenvalue weighted by molar-refractivity contribution is -0.870. The average Bonchev–Trinajstić information content (AvgIpc) is 3.21. The largest absolute Gasteiger partial charge is 0.756 e. The van der Waals surface area contributed by atoms with Gasteiger partial charge in [0.15, 0.2) is 6.10 Å². The Morgan fingerprint density at radius 1 is 0.508 bits per heavy atom. The zero-order valence-electron chi connectivity index (χ0n) is 40.6. The Morgan fingerprint density at radius 2 is 0.902 bits per heavy atom. The molecule has 0 amide bonds. The molecule has 0 saturated carbocycles. The highest BCUT2D eigenvalue weighted by Gasteiger charge is 2.21. The number of quaternary nitrogens is 1. The number of allylic oxidation sites excluding steroid dienone is 4. The first kappa shape index (κ1) is 59.5. The van der Waals surface area contributed by atoms with Crippen molar-refractivity contribution in [3.05, 3.63) is 24.3 Å². The minimum absolute atomic E-state index is 0.0345. The van der Waals surface area contributed by atoms with Crippen LogP contribution in [0.2, 0.25) is 0 Å². The predicted molar refractivity (Wildman–Crippen MR) is 254 cm³/mol. The molecule has 0 heterocycles. The molecule has 0 aliphatic rings. The van der Waals surface area contributed by atoms with Crippen LogP contribution >= 0.6 is 7.82 Å². The van der Waals surface area contributed by atoms with Crippen LogP contribution < -0.4 is 4.89 Å². The Morgan fingerprint density at radius 3 is 1.34 bits per heavy atom. The zero-order chi connectivity index (χ0) is 45.0. The molecule has 0 saturated heterocycles. The van der Waals surface area contributed by atoms with E-state index < -0.39 is 32.5 Å². The Balaban J connectivity index is 4.28. The normalized spacial score (nSPS) is 13.6. The molecule has 0 aromatic carbocycles. The van der Waals surface area contributed by atoms with Crippen molar-refractivity contribution >= 4 is 19.8 Å². The molecule has 0 spiro atoms. The zero-order valence-corrected chi connectivity index (χ0v) is 41.5. The lowest BCUT2D eigenvalue weighted by Crippen LogP contribution is -2.37. The number of carbonyl (C=O) groups is 2. The Bertz CT molecular complexity index is 1090. The minimum Gasteiger partial charge on any atom is -0.756 e. The van der Waals surface area contributed by atoms with Gasteiger partial charge in [-0.3, -0.25) is 14.2 Å². The molecule has 0 radical (unpaired) electrons. The van der Waals surface area contributed by atoms with Crippen LogP contribution in [0.25, 0.3) is 0 Å². The fraction of sp³-hybridized carbons (Fsp3) is 0.882. The maximum absolute atomic E-state index is 12.7. The number of ether oxygens (including phenoxy) is 2. The van der Waals surface area contributed by atoms with Crippen molar-refractivity contribution in [3.8, 4) is 0 Å². The van der Waals surface area contributed by atoms with Crippen LogP contribution in [0, 0.1) is 0 Å². The fourth-order valence-electron chi connectivity index (χ4n) is 7.23. The van der Waals surface area contributed by atoms with Crippen LogP contribution in [0.1, 0.15) is 239 Å². The summed E-state index contributed by atoms with van der Waals surface area (Å²) in [4.78, 5) is 37.7. The molecule has 0 aliphatic heterocycles. The number of phosphoric acid groups is 1. The van der Waals surface area contributed by atoms with Crippen LogP contribution in [0.3, 0.4) is 0 Å². The second-order valence-electron chi connectivity index (χ2n) is 18.5. The molecule has 0 N–H and O–H groups in total. The fourth-order valence-corrected chi connectivity index (χ4v) is 7.95. The van der Waals surface area contributed by atoms with E-state index in [1.807, 2.05) is 21.1 Å². The Kier molecular flexibility index (Phi) is 42.6. The summed E-state index contributed by atoms with van der Waals surface area (Å²) >= 11 is 0. The van der Waals surface area contributed by atoms with Crippen molar-refractivity contribution in [2.45, 2.75) is 245 Å². The van der Waals surface area contributed by atoms with Gasteiger partial charge in [-0.1, -0.05) is 212 Å². The van der Waals surface area contributed by atoms with Gasteiger partial charge in [-0.2, -0.15) is 0 Å². The van der Waals surface area contributed by atoms with Crippen LogP contribution in [0.5, 0.6) is 0 Å². The summed E-state index contributed by atoms with van der Waals surface area (Å²) in [5.41, 5.74) is 0. The van der Waals surface area contributed by atoms with Crippen molar-refractivity contribution in [1.82, 2.24) is 0 Å². The number of likely N-dealkylation sites (N-methyl/N-ethyl adjacent to an activating group) is 1. The van der Waals surface area contributed by atoms with E-state index in [9.17, 15) is 19.0 Å².